The molecular formula is C18H21NO7S. The SMILES string of the molecule is COc1ccc(C(=O)N2CC(S(=O)(=O)Cc3ccco3)C2)c(OC)c1OC. The van der Waals surface area contributed by atoms with Crippen LogP contribution in [0.25, 0.3) is 0 Å². The molecule has 2 aromatic rings. The molecule has 1 aromatic carbocycles. The third-order valence-corrected chi connectivity index (χ3v) is 6.50. The van der Waals surface area contributed by atoms with E-state index >= 15 is 0 Å². The number of carbonyl (C=O) groups excluding carboxylic acids is 1. The predicted octanol–water partition coefficient (Wildman–Crippen LogP) is 1.74. The second kappa shape index (κ2) is 7.51. The van der Waals surface area contributed by atoms with Gasteiger partial charge in [0.25, 0.3) is 5.91 Å². The average Bonchev–Trinajstić information content (AvgIpc) is 3.10. The van der Waals surface area contributed by atoms with Crippen LogP contribution in [0.5, 0.6) is 17.2 Å². The maximum absolute atomic E-state index is 12.8. The fraction of sp³-hybridized carbons (Fsp3) is 0.389. The van der Waals surface area contributed by atoms with Crippen molar-refractivity contribution < 1.29 is 31.8 Å². The topological polar surface area (TPSA) is 95.3 Å². The molecule has 0 unspecified atom stereocenters. The molecule has 0 N–H and O–H groups in total. The zero-order valence-electron chi connectivity index (χ0n) is 15.3. The maximum Gasteiger partial charge on any atom is 0.257 e. The molecule has 2 heterocycles. The van der Waals surface area contributed by atoms with Crippen LogP contribution in [0.4, 0.5) is 0 Å². The van der Waals surface area contributed by atoms with Gasteiger partial charge in [0.2, 0.25) is 5.75 Å². The summed E-state index contributed by atoms with van der Waals surface area (Å²) >= 11 is 0. The third kappa shape index (κ3) is 3.59. The van der Waals surface area contributed by atoms with Crippen molar-refractivity contribution in [2.24, 2.45) is 0 Å². The highest BCUT2D eigenvalue weighted by Crippen LogP contribution is 2.40. The van der Waals surface area contributed by atoms with Gasteiger partial charge in [-0.15, -0.1) is 0 Å². The summed E-state index contributed by atoms with van der Waals surface area (Å²) < 4.78 is 45.8. The molecule has 146 valence electrons. The van der Waals surface area contributed by atoms with E-state index in [2.05, 4.69) is 0 Å². The minimum Gasteiger partial charge on any atom is -0.493 e. The van der Waals surface area contributed by atoms with Gasteiger partial charge in [0, 0.05) is 13.1 Å². The van der Waals surface area contributed by atoms with Crippen LogP contribution >= 0.6 is 0 Å². The van der Waals surface area contributed by atoms with Crippen molar-refractivity contribution in [2.45, 2.75) is 11.0 Å². The number of hydrogen-bond donors (Lipinski definition) is 0. The smallest absolute Gasteiger partial charge is 0.257 e. The summed E-state index contributed by atoms with van der Waals surface area (Å²) in [6.07, 6.45) is 1.44. The highest BCUT2D eigenvalue weighted by molar-refractivity contribution is 7.91. The highest BCUT2D eigenvalue weighted by atomic mass is 32.2. The van der Waals surface area contributed by atoms with Crippen LogP contribution < -0.4 is 14.2 Å². The van der Waals surface area contributed by atoms with Crippen LogP contribution in [0.15, 0.2) is 34.9 Å². The molecule has 0 aliphatic carbocycles. The Morgan fingerprint density at radius 1 is 1.11 bits per heavy atom. The lowest BCUT2D eigenvalue weighted by Gasteiger charge is -2.38. The summed E-state index contributed by atoms with van der Waals surface area (Å²) in [6, 6.07) is 6.45. The minimum atomic E-state index is -3.40. The fourth-order valence-electron chi connectivity index (χ4n) is 2.98. The normalized spacial score (nSPS) is 14.6. The Kier molecular flexibility index (Phi) is 5.31. The number of nitrogens with zero attached hydrogens (tertiary/aromatic N) is 1. The summed E-state index contributed by atoms with van der Waals surface area (Å²) in [5.74, 6) is 0.899. The van der Waals surface area contributed by atoms with E-state index in [-0.39, 0.29) is 36.1 Å². The van der Waals surface area contributed by atoms with Crippen LogP contribution in [-0.2, 0) is 15.6 Å². The average molecular weight is 395 g/mol. The maximum atomic E-state index is 12.8. The molecule has 8 nitrogen and oxygen atoms in total. The highest BCUT2D eigenvalue weighted by Gasteiger charge is 2.41. The van der Waals surface area contributed by atoms with Gasteiger partial charge in [0.15, 0.2) is 21.3 Å². The summed E-state index contributed by atoms with van der Waals surface area (Å²) in [5, 5.41) is -0.613. The Balaban J connectivity index is 1.74. The van der Waals surface area contributed by atoms with Gasteiger partial charge in [-0.25, -0.2) is 8.42 Å². The van der Waals surface area contributed by atoms with Crippen molar-refractivity contribution in [3.8, 4) is 17.2 Å². The summed E-state index contributed by atoms with van der Waals surface area (Å²) in [4.78, 5) is 14.3. The van der Waals surface area contributed by atoms with E-state index in [1.165, 1.54) is 32.5 Å². The second-order valence-electron chi connectivity index (χ2n) is 6.10. The number of methoxy groups -OCH3 is 3. The number of benzene rings is 1. The number of likely N-dealkylation sites (tertiary alicyclic amines) is 1. The molecule has 27 heavy (non-hydrogen) atoms. The molecule has 0 saturated carbocycles. The van der Waals surface area contributed by atoms with Crippen LogP contribution in [0.1, 0.15) is 16.1 Å². The standard InChI is InChI=1S/C18H21NO7S/c1-23-15-7-6-14(16(24-2)17(15)25-3)18(20)19-9-13(10-19)27(21,22)11-12-5-4-8-26-12/h4-8,13H,9-11H2,1-3H3. The van der Waals surface area contributed by atoms with Gasteiger partial charge in [-0.05, 0) is 24.3 Å². The van der Waals surface area contributed by atoms with E-state index in [9.17, 15) is 13.2 Å². The Bertz CT molecular complexity index is 915. The number of carbonyl (C=O) groups is 1. The molecule has 0 atom stereocenters. The Hall–Kier alpha value is -2.68. The summed E-state index contributed by atoms with van der Waals surface area (Å²) in [5.41, 5.74) is 0.289. The quantitative estimate of drug-likeness (QED) is 0.705. The Labute approximate surface area is 157 Å². The Morgan fingerprint density at radius 2 is 1.81 bits per heavy atom. The molecule has 1 aliphatic rings. The number of furan rings is 1. The number of sulfone groups is 1. The summed E-state index contributed by atoms with van der Waals surface area (Å²) in [6.45, 7) is 0.249. The first kappa shape index (κ1) is 19.1. The van der Waals surface area contributed by atoms with E-state index in [1.807, 2.05) is 0 Å². The predicted molar refractivity (Wildman–Crippen MR) is 97.1 cm³/mol. The summed E-state index contributed by atoms with van der Waals surface area (Å²) in [7, 11) is 0.976. The number of ether oxygens (including phenoxy) is 3. The van der Waals surface area contributed by atoms with Crippen LogP contribution in [-0.4, -0.2) is 58.9 Å². The minimum absolute atomic E-state index is 0.124. The second-order valence-corrected chi connectivity index (χ2v) is 8.38. The lowest BCUT2D eigenvalue weighted by molar-refractivity contribution is 0.0654. The lowest BCUT2D eigenvalue weighted by atomic mass is 10.1. The monoisotopic (exact) mass is 395 g/mol. The first-order valence-corrected chi connectivity index (χ1v) is 9.95. The number of hydrogen-bond acceptors (Lipinski definition) is 7. The molecule has 1 aliphatic heterocycles. The molecule has 9 heteroatoms. The van der Waals surface area contributed by atoms with E-state index in [0.717, 1.165) is 0 Å². The van der Waals surface area contributed by atoms with Gasteiger partial charge in [-0.2, -0.15) is 0 Å². The fourth-order valence-corrected chi connectivity index (χ4v) is 4.59. The van der Waals surface area contributed by atoms with Crippen LogP contribution in [0, 0.1) is 0 Å². The molecule has 1 fully saturated rings. The zero-order chi connectivity index (χ0) is 19.6. The van der Waals surface area contributed by atoms with E-state index in [1.54, 1.807) is 24.3 Å². The van der Waals surface area contributed by atoms with Gasteiger partial charge in [0.1, 0.15) is 11.5 Å². The van der Waals surface area contributed by atoms with Crippen molar-refractivity contribution >= 4 is 15.7 Å². The van der Waals surface area contributed by atoms with E-state index < -0.39 is 15.1 Å². The van der Waals surface area contributed by atoms with Crippen molar-refractivity contribution in [2.75, 3.05) is 34.4 Å². The molecule has 0 spiro atoms. The van der Waals surface area contributed by atoms with Crippen molar-refractivity contribution in [3.63, 3.8) is 0 Å². The van der Waals surface area contributed by atoms with Gasteiger partial charge in [-0.3, -0.25) is 4.79 Å². The molecule has 1 aromatic heterocycles. The molecule has 0 bridgehead atoms. The lowest BCUT2D eigenvalue weighted by Crippen LogP contribution is -2.57. The molecule has 0 radical (unpaired) electrons. The molecular weight excluding hydrogens is 374 g/mol. The van der Waals surface area contributed by atoms with E-state index in [4.69, 9.17) is 18.6 Å². The molecule has 1 amide bonds. The molecule has 1 saturated heterocycles. The van der Waals surface area contributed by atoms with Crippen molar-refractivity contribution in [3.05, 3.63) is 41.9 Å². The van der Waals surface area contributed by atoms with Gasteiger partial charge in [-0.1, -0.05) is 0 Å². The van der Waals surface area contributed by atoms with Crippen molar-refractivity contribution in [1.29, 1.82) is 0 Å². The van der Waals surface area contributed by atoms with E-state index in [0.29, 0.717) is 17.3 Å². The largest absolute Gasteiger partial charge is 0.493 e. The molecule has 3 rings (SSSR count). The number of rotatable bonds is 7. The van der Waals surface area contributed by atoms with Gasteiger partial charge < -0.3 is 23.5 Å². The van der Waals surface area contributed by atoms with Crippen LogP contribution in [0.2, 0.25) is 0 Å². The van der Waals surface area contributed by atoms with Crippen LogP contribution in [0.3, 0.4) is 0 Å². The first-order chi connectivity index (χ1) is 12.9. The third-order valence-electron chi connectivity index (χ3n) is 4.50. The zero-order valence-corrected chi connectivity index (χ0v) is 16.1. The Morgan fingerprint density at radius 3 is 2.37 bits per heavy atom. The van der Waals surface area contributed by atoms with Crippen molar-refractivity contribution in [1.82, 2.24) is 4.90 Å². The number of amides is 1. The van der Waals surface area contributed by atoms with Gasteiger partial charge in [0.05, 0.1) is 38.4 Å². The first-order valence-electron chi connectivity index (χ1n) is 8.23. The van der Waals surface area contributed by atoms with Gasteiger partial charge >= 0.3 is 0 Å².